The molecule has 0 aromatic carbocycles. The molecule has 0 radical (unpaired) electrons. The highest BCUT2D eigenvalue weighted by atomic mass is 28.3. The molecule has 0 spiro atoms. The fourth-order valence-corrected chi connectivity index (χ4v) is 7.76. The Balaban J connectivity index is 2.75. The van der Waals surface area contributed by atoms with E-state index in [1.54, 1.807) is 0 Å². The topological polar surface area (TPSA) is 0 Å². The van der Waals surface area contributed by atoms with Gasteiger partial charge < -0.3 is 0 Å². The highest BCUT2D eigenvalue weighted by Crippen LogP contribution is 2.53. The lowest BCUT2D eigenvalue weighted by Crippen LogP contribution is -2.45. The summed E-state index contributed by atoms with van der Waals surface area (Å²) in [5.41, 5.74) is 0. The SMILES string of the molecule is CC/C=C/CC1(C)CCCC[Si]1(C)C/C=C/CC. The maximum Gasteiger partial charge on any atom is 0.0604 e. The van der Waals surface area contributed by atoms with Gasteiger partial charge in [0.25, 0.3) is 0 Å². The van der Waals surface area contributed by atoms with Gasteiger partial charge in [-0.05, 0) is 36.8 Å². The third-order valence-corrected chi connectivity index (χ3v) is 11.1. The molecule has 1 aliphatic heterocycles. The highest BCUT2D eigenvalue weighted by molar-refractivity contribution is 6.82. The second-order valence-corrected chi connectivity index (χ2v) is 11.7. The Morgan fingerprint density at radius 1 is 1.00 bits per heavy atom. The Morgan fingerprint density at radius 2 is 1.67 bits per heavy atom. The number of hydrogen-bond acceptors (Lipinski definition) is 0. The first-order valence-corrected chi connectivity index (χ1v) is 10.8. The van der Waals surface area contributed by atoms with E-state index in [0.29, 0.717) is 5.04 Å². The molecule has 0 bridgehead atoms. The zero-order chi connectivity index (χ0) is 13.5. The van der Waals surface area contributed by atoms with Crippen molar-refractivity contribution in [2.75, 3.05) is 0 Å². The molecule has 1 heterocycles. The third-order valence-electron chi connectivity index (χ3n) is 5.11. The molecule has 1 heteroatoms. The molecule has 0 aliphatic carbocycles. The smallest absolute Gasteiger partial charge is 0.0604 e. The van der Waals surface area contributed by atoms with Crippen molar-refractivity contribution in [2.24, 2.45) is 0 Å². The quantitative estimate of drug-likeness (QED) is 0.388. The van der Waals surface area contributed by atoms with Crippen LogP contribution in [0.25, 0.3) is 0 Å². The zero-order valence-electron chi connectivity index (χ0n) is 13.0. The van der Waals surface area contributed by atoms with Crippen LogP contribution in [0.4, 0.5) is 0 Å². The zero-order valence-corrected chi connectivity index (χ0v) is 14.0. The van der Waals surface area contributed by atoms with Crippen molar-refractivity contribution in [1.29, 1.82) is 0 Å². The van der Waals surface area contributed by atoms with Gasteiger partial charge in [-0.1, -0.05) is 70.5 Å². The highest BCUT2D eigenvalue weighted by Gasteiger charge is 2.45. The Hall–Kier alpha value is -0.303. The Labute approximate surface area is 116 Å². The van der Waals surface area contributed by atoms with E-state index in [1.807, 2.05) is 0 Å². The van der Waals surface area contributed by atoms with Crippen molar-refractivity contribution in [1.82, 2.24) is 0 Å². The fourth-order valence-electron chi connectivity index (χ4n) is 3.35. The molecule has 0 N–H and O–H groups in total. The normalized spacial score (nSPS) is 33.6. The van der Waals surface area contributed by atoms with Crippen LogP contribution >= 0.6 is 0 Å². The lowest BCUT2D eigenvalue weighted by molar-refractivity contribution is 0.475. The van der Waals surface area contributed by atoms with E-state index < -0.39 is 8.07 Å². The second kappa shape index (κ2) is 7.33. The van der Waals surface area contributed by atoms with Crippen molar-refractivity contribution in [3.63, 3.8) is 0 Å². The van der Waals surface area contributed by atoms with E-state index >= 15 is 0 Å². The molecule has 0 amide bonds. The first-order chi connectivity index (χ1) is 8.58. The van der Waals surface area contributed by atoms with E-state index in [2.05, 4.69) is 51.6 Å². The minimum absolute atomic E-state index is 0.634. The van der Waals surface area contributed by atoms with Crippen LogP contribution in [-0.4, -0.2) is 8.07 Å². The van der Waals surface area contributed by atoms with Gasteiger partial charge in [-0.2, -0.15) is 0 Å². The van der Waals surface area contributed by atoms with Crippen molar-refractivity contribution in [3.8, 4) is 0 Å². The number of allylic oxidation sites excluding steroid dienone is 4. The van der Waals surface area contributed by atoms with Gasteiger partial charge in [0.1, 0.15) is 0 Å². The largest absolute Gasteiger partial charge is 0.0912 e. The van der Waals surface area contributed by atoms with Crippen LogP contribution in [0.1, 0.15) is 59.3 Å². The van der Waals surface area contributed by atoms with Crippen LogP contribution in [0.3, 0.4) is 0 Å². The summed E-state index contributed by atoms with van der Waals surface area (Å²) in [6.45, 7) is 9.72. The van der Waals surface area contributed by atoms with Gasteiger partial charge in [0.05, 0.1) is 8.07 Å². The fraction of sp³-hybridized carbons (Fsp3) is 0.765. The van der Waals surface area contributed by atoms with E-state index in [9.17, 15) is 0 Å². The maximum absolute atomic E-state index is 2.66. The minimum atomic E-state index is -1.12. The van der Waals surface area contributed by atoms with Crippen molar-refractivity contribution < 1.29 is 0 Å². The van der Waals surface area contributed by atoms with Crippen LogP contribution < -0.4 is 0 Å². The first kappa shape index (κ1) is 15.8. The van der Waals surface area contributed by atoms with E-state index in [-0.39, 0.29) is 0 Å². The van der Waals surface area contributed by atoms with E-state index in [0.717, 1.165) is 0 Å². The standard InChI is InChI=1S/C17H32Si/c1-5-7-9-13-17(3)14-10-12-16-18(17,4)15-11-8-6-2/h7-9,11H,5-6,10,12-16H2,1-4H3/b9-7+,11-8+. The molecular formula is C17H32Si. The summed E-state index contributed by atoms with van der Waals surface area (Å²) >= 11 is 0. The molecule has 2 unspecified atom stereocenters. The molecule has 1 aliphatic rings. The van der Waals surface area contributed by atoms with Gasteiger partial charge in [0, 0.05) is 0 Å². The van der Waals surface area contributed by atoms with Crippen LogP contribution in [0, 0.1) is 0 Å². The Morgan fingerprint density at radius 3 is 2.33 bits per heavy atom. The molecule has 0 aromatic rings. The predicted octanol–water partition coefficient (Wildman–Crippen LogP) is 6.33. The summed E-state index contributed by atoms with van der Waals surface area (Å²) in [4.78, 5) is 0. The second-order valence-electron chi connectivity index (χ2n) is 6.50. The summed E-state index contributed by atoms with van der Waals surface area (Å²) < 4.78 is 0. The van der Waals surface area contributed by atoms with Crippen molar-refractivity contribution in [2.45, 2.75) is 83.0 Å². The van der Waals surface area contributed by atoms with Gasteiger partial charge in [-0.15, -0.1) is 0 Å². The van der Waals surface area contributed by atoms with Crippen LogP contribution in [0.2, 0.25) is 23.7 Å². The number of rotatable bonds is 6. The summed E-state index contributed by atoms with van der Waals surface area (Å²) in [5.74, 6) is 0. The average Bonchev–Trinajstić information content (AvgIpc) is 2.34. The van der Waals surface area contributed by atoms with Gasteiger partial charge in [0.15, 0.2) is 0 Å². The summed E-state index contributed by atoms with van der Waals surface area (Å²) in [6.07, 6.45) is 17.8. The van der Waals surface area contributed by atoms with Gasteiger partial charge in [0.2, 0.25) is 0 Å². The molecule has 0 nitrogen and oxygen atoms in total. The molecule has 104 valence electrons. The molecule has 1 rings (SSSR count). The predicted molar refractivity (Wildman–Crippen MR) is 86.9 cm³/mol. The minimum Gasteiger partial charge on any atom is -0.0912 e. The lowest BCUT2D eigenvalue weighted by atomic mass is 9.98. The summed E-state index contributed by atoms with van der Waals surface area (Å²) in [7, 11) is -1.12. The van der Waals surface area contributed by atoms with Gasteiger partial charge in [-0.3, -0.25) is 0 Å². The van der Waals surface area contributed by atoms with Crippen LogP contribution in [0.5, 0.6) is 0 Å². The maximum atomic E-state index is 2.66. The van der Waals surface area contributed by atoms with Crippen molar-refractivity contribution >= 4 is 8.07 Å². The van der Waals surface area contributed by atoms with Crippen LogP contribution in [0.15, 0.2) is 24.3 Å². The molecule has 0 saturated carbocycles. The summed E-state index contributed by atoms with van der Waals surface area (Å²) in [5, 5.41) is 0.634. The van der Waals surface area contributed by atoms with Crippen LogP contribution in [-0.2, 0) is 0 Å². The molecule has 2 atom stereocenters. The van der Waals surface area contributed by atoms with Gasteiger partial charge >= 0.3 is 0 Å². The Kier molecular flexibility index (Phi) is 6.41. The van der Waals surface area contributed by atoms with Crippen molar-refractivity contribution in [3.05, 3.63) is 24.3 Å². The average molecular weight is 265 g/mol. The monoisotopic (exact) mass is 264 g/mol. The summed E-state index contributed by atoms with van der Waals surface area (Å²) in [6, 6.07) is 2.94. The molecule has 0 aromatic heterocycles. The molecular weight excluding hydrogens is 232 g/mol. The molecule has 1 fully saturated rings. The third kappa shape index (κ3) is 3.84. The molecule has 18 heavy (non-hydrogen) atoms. The van der Waals surface area contributed by atoms with E-state index in [1.165, 1.54) is 50.6 Å². The lowest BCUT2D eigenvalue weighted by Gasteiger charge is -2.48. The van der Waals surface area contributed by atoms with Gasteiger partial charge in [-0.25, -0.2) is 0 Å². The molecule has 1 saturated heterocycles. The first-order valence-electron chi connectivity index (χ1n) is 7.88. The number of hydrogen-bond donors (Lipinski definition) is 0. The Bertz CT molecular complexity index is 262. The van der Waals surface area contributed by atoms with E-state index in [4.69, 9.17) is 0 Å².